The maximum absolute atomic E-state index is 12.6. The molecule has 0 aliphatic carbocycles. The zero-order valence-corrected chi connectivity index (χ0v) is 19.8. The number of nitro groups is 1. The van der Waals surface area contributed by atoms with E-state index in [0.29, 0.717) is 12.2 Å². The highest BCUT2D eigenvalue weighted by atomic mass is 16.6. The second-order valence-corrected chi connectivity index (χ2v) is 8.53. The maximum Gasteiger partial charge on any atom is 0.311 e. The molecule has 0 heterocycles. The van der Waals surface area contributed by atoms with Crippen LogP contribution in [0.4, 0.5) is 5.69 Å². The van der Waals surface area contributed by atoms with E-state index < -0.39 is 10.7 Å². The summed E-state index contributed by atoms with van der Waals surface area (Å²) in [6.07, 6.45) is 14.7. The number of phenolic OH excluding ortho intramolecular Hbond substituents is 1. The van der Waals surface area contributed by atoms with Gasteiger partial charge in [-0.25, -0.2) is 0 Å². The van der Waals surface area contributed by atoms with Crippen LogP contribution in [0.2, 0.25) is 0 Å². The van der Waals surface area contributed by atoms with Crippen molar-refractivity contribution in [1.82, 2.24) is 0 Å². The normalized spacial score (nSPS) is 10.8. The van der Waals surface area contributed by atoms with Gasteiger partial charge in [0.1, 0.15) is 5.75 Å². The molecule has 0 amide bonds. The molecule has 180 valence electrons. The van der Waals surface area contributed by atoms with Crippen LogP contribution in [-0.4, -0.2) is 22.4 Å². The minimum Gasteiger partial charge on any atom is -0.507 e. The van der Waals surface area contributed by atoms with Gasteiger partial charge in [-0.15, -0.1) is 0 Å². The zero-order chi connectivity index (χ0) is 23.9. The summed E-state index contributed by atoms with van der Waals surface area (Å²) in [4.78, 5) is 23.5. The number of hydrogen-bond acceptors (Lipinski definition) is 5. The Morgan fingerprint density at radius 1 is 0.879 bits per heavy atom. The number of aromatic hydroxyl groups is 1. The topological polar surface area (TPSA) is 89.7 Å². The summed E-state index contributed by atoms with van der Waals surface area (Å²) in [6, 6.07) is 10.6. The van der Waals surface area contributed by atoms with Gasteiger partial charge in [-0.2, -0.15) is 0 Å². The second kappa shape index (κ2) is 15.0. The summed E-state index contributed by atoms with van der Waals surface area (Å²) in [5, 5.41) is 21.8. The van der Waals surface area contributed by atoms with Gasteiger partial charge in [0, 0.05) is 17.7 Å². The van der Waals surface area contributed by atoms with E-state index in [-0.39, 0.29) is 22.7 Å². The molecule has 2 rings (SSSR count). The molecule has 0 bridgehead atoms. The number of ether oxygens (including phenoxy) is 1. The average molecular weight is 456 g/mol. The van der Waals surface area contributed by atoms with Crippen LogP contribution in [0, 0.1) is 10.1 Å². The highest BCUT2D eigenvalue weighted by molar-refractivity contribution is 6.11. The Hall–Kier alpha value is -2.89. The number of unbranched alkanes of at least 4 members (excludes halogenated alkanes) is 11. The van der Waals surface area contributed by atoms with Crippen LogP contribution in [-0.2, 0) is 0 Å². The van der Waals surface area contributed by atoms with Crippen molar-refractivity contribution in [3.05, 3.63) is 63.7 Å². The quantitative estimate of drug-likeness (QED) is 0.115. The van der Waals surface area contributed by atoms with Gasteiger partial charge in [0.2, 0.25) is 5.75 Å². The molecule has 0 spiro atoms. The molecule has 6 nitrogen and oxygen atoms in total. The van der Waals surface area contributed by atoms with Gasteiger partial charge >= 0.3 is 5.69 Å². The molecule has 33 heavy (non-hydrogen) atoms. The molecule has 0 aromatic heterocycles. The minimum absolute atomic E-state index is 0.00909. The van der Waals surface area contributed by atoms with E-state index in [1.165, 1.54) is 63.9 Å². The number of nitrogens with zero attached hydrogens (tertiary/aromatic N) is 1. The van der Waals surface area contributed by atoms with Crippen LogP contribution in [0.25, 0.3) is 0 Å². The molecule has 0 radical (unpaired) electrons. The Morgan fingerprint density at radius 3 is 1.97 bits per heavy atom. The number of benzene rings is 2. The fourth-order valence-electron chi connectivity index (χ4n) is 3.87. The van der Waals surface area contributed by atoms with Crippen molar-refractivity contribution in [2.75, 3.05) is 6.61 Å². The third kappa shape index (κ3) is 9.24. The Bertz CT molecular complexity index is 866. The Morgan fingerprint density at radius 2 is 1.42 bits per heavy atom. The third-order valence-corrected chi connectivity index (χ3v) is 5.81. The summed E-state index contributed by atoms with van der Waals surface area (Å²) in [5.41, 5.74) is -0.0658. The maximum atomic E-state index is 12.6. The van der Waals surface area contributed by atoms with Crippen molar-refractivity contribution >= 4 is 11.5 Å². The number of ketones is 1. The van der Waals surface area contributed by atoms with E-state index in [0.717, 1.165) is 25.3 Å². The molecule has 1 N–H and O–H groups in total. The predicted molar refractivity (Wildman–Crippen MR) is 131 cm³/mol. The molecule has 6 heteroatoms. The third-order valence-electron chi connectivity index (χ3n) is 5.81. The minimum atomic E-state index is -0.585. The highest BCUT2D eigenvalue weighted by Crippen LogP contribution is 2.35. The lowest BCUT2D eigenvalue weighted by atomic mass is 10.0. The van der Waals surface area contributed by atoms with Crippen molar-refractivity contribution in [2.24, 2.45) is 0 Å². The van der Waals surface area contributed by atoms with Gasteiger partial charge in [0.25, 0.3) is 0 Å². The van der Waals surface area contributed by atoms with Gasteiger partial charge in [-0.1, -0.05) is 108 Å². The van der Waals surface area contributed by atoms with Crippen LogP contribution < -0.4 is 4.74 Å². The largest absolute Gasteiger partial charge is 0.507 e. The lowest BCUT2D eigenvalue weighted by Crippen LogP contribution is -2.05. The summed E-state index contributed by atoms with van der Waals surface area (Å²) in [5.74, 6) is -0.798. The monoisotopic (exact) mass is 455 g/mol. The molecule has 0 saturated carbocycles. The van der Waals surface area contributed by atoms with Gasteiger partial charge in [-0.3, -0.25) is 14.9 Å². The van der Waals surface area contributed by atoms with Crippen molar-refractivity contribution in [3.8, 4) is 11.5 Å². The Kier molecular flexibility index (Phi) is 12.0. The van der Waals surface area contributed by atoms with Crippen molar-refractivity contribution in [2.45, 2.75) is 84.0 Å². The molecule has 0 atom stereocenters. The fraction of sp³-hybridized carbons (Fsp3) is 0.519. The van der Waals surface area contributed by atoms with Gasteiger partial charge in [0.05, 0.1) is 17.1 Å². The number of rotatable bonds is 17. The van der Waals surface area contributed by atoms with Crippen molar-refractivity contribution in [3.63, 3.8) is 0 Å². The molecular weight excluding hydrogens is 418 g/mol. The lowest BCUT2D eigenvalue weighted by Gasteiger charge is -2.10. The number of carbonyl (C=O) groups is 1. The summed E-state index contributed by atoms with van der Waals surface area (Å²) < 4.78 is 5.60. The fourth-order valence-corrected chi connectivity index (χ4v) is 3.87. The molecule has 2 aromatic carbocycles. The van der Waals surface area contributed by atoms with E-state index in [4.69, 9.17) is 4.74 Å². The summed E-state index contributed by atoms with van der Waals surface area (Å²) in [7, 11) is 0. The van der Waals surface area contributed by atoms with Crippen LogP contribution in [0.5, 0.6) is 11.5 Å². The van der Waals surface area contributed by atoms with Crippen LogP contribution in [0.1, 0.15) is 99.9 Å². The predicted octanol–water partition coefficient (Wildman–Crippen LogP) is 7.61. The van der Waals surface area contributed by atoms with Crippen molar-refractivity contribution < 1.29 is 19.6 Å². The Labute approximate surface area is 197 Å². The average Bonchev–Trinajstić information content (AvgIpc) is 2.82. The molecule has 0 saturated heterocycles. The smallest absolute Gasteiger partial charge is 0.311 e. The van der Waals surface area contributed by atoms with Crippen molar-refractivity contribution in [1.29, 1.82) is 0 Å². The van der Waals surface area contributed by atoms with Crippen LogP contribution in [0.15, 0.2) is 42.5 Å². The van der Waals surface area contributed by atoms with Crippen LogP contribution in [0.3, 0.4) is 0 Å². The Balaban J connectivity index is 1.74. The van der Waals surface area contributed by atoms with E-state index in [2.05, 4.69) is 6.92 Å². The first-order valence-electron chi connectivity index (χ1n) is 12.3. The number of carbonyl (C=O) groups excluding carboxylic acids is 1. The van der Waals surface area contributed by atoms with Crippen LogP contribution >= 0.6 is 0 Å². The standard InChI is InChI=1S/C27H37NO5/c1-2-3-4-5-6-7-8-9-10-11-12-16-19-33-26-21-25(29)23(20-24(26)28(31)32)27(30)22-17-14-13-15-18-22/h13-15,17-18,20-21,29H,2-12,16,19H2,1H3. The first-order valence-corrected chi connectivity index (χ1v) is 12.3. The van der Waals surface area contributed by atoms with Gasteiger partial charge < -0.3 is 9.84 Å². The summed E-state index contributed by atoms with van der Waals surface area (Å²) in [6.45, 7) is 2.57. The SMILES string of the molecule is CCCCCCCCCCCCCCOc1cc(O)c(C(=O)c2ccccc2)cc1[N+](=O)[O-]. The lowest BCUT2D eigenvalue weighted by molar-refractivity contribution is -0.385. The molecular formula is C27H37NO5. The molecule has 0 fully saturated rings. The zero-order valence-electron chi connectivity index (χ0n) is 19.8. The molecule has 0 aliphatic rings. The molecule has 0 aliphatic heterocycles. The number of phenols is 1. The highest BCUT2D eigenvalue weighted by Gasteiger charge is 2.23. The number of nitro benzene ring substituents is 1. The van der Waals surface area contributed by atoms with E-state index >= 15 is 0 Å². The molecule has 2 aromatic rings. The van der Waals surface area contributed by atoms with Gasteiger partial charge in [0.15, 0.2) is 5.78 Å². The summed E-state index contributed by atoms with van der Waals surface area (Å²) >= 11 is 0. The number of hydrogen-bond donors (Lipinski definition) is 1. The van der Waals surface area contributed by atoms with E-state index in [1.807, 2.05) is 0 Å². The second-order valence-electron chi connectivity index (χ2n) is 8.53. The van der Waals surface area contributed by atoms with E-state index in [9.17, 15) is 20.0 Å². The first-order chi connectivity index (χ1) is 16.0. The van der Waals surface area contributed by atoms with E-state index in [1.54, 1.807) is 30.3 Å². The van der Waals surface area contributed by atoms with Gasteiger partial charge in [-0.05, 0) is 6.42 Å². The molecule has 0 unspecified atom stereocenters. The first kappa shape index (κ1) is 26.4.